The molecule has 1 radical (unpaired) electrons. The number of benzene rings is 2. The summed E-state index contributed by atoms with van der Waals surface area (Å²) >= 11 is 0. The largest absolute Gasteiger partial charge is 0.180 e. The summed E-state index contributed by atoms with van der Waals surface area (Å²) in [7, 11) is 0. The van der Waals surface area contributed by atoms with Gasteiger partial charge in [0.15, 0.2) is 0 Å². The van der Waals surface area contributed by atoms with Crippen LogP contribution in [0.2, 0.25) is 0 Å². The quantitative estimate of drug-likeness (QED) is 0.532. The molecule has 2 aromatic carbocycles. The van der Waals surface area contributed by atoms with Crippen molar-refractivity contribution in [3.8, 4) is 11.1 Å². The summed E-state index contributed by atoms with van der Waals surface area (Å²) in [5.41, 5.74) is 6.99. The third-order valence-electron chi connectivity index (χ3n) is 3.00. The van der Waals surface area contributed by atoms with Crippen molar-refractivity contribution in [2.75, 3.05) is 0 Å². The molecule has 0 atom stereocenters. The monoisotopic (exact) mass is 372 g/mol. The molecule has 0 saturated carbocycles. The molecule has 0 aliphatic heterocycles. The van der Waals surface area contributed by atoms with Gasteiger partial charge in [-0.15, -0.1) is 11.1 Å². The van der Waals surface area contributed by atoms with Gasteiger partial charge in [-0.2, -0.15) is 23.8 Å². The minimum absolute atomic E-state index is 0. The Morgan fingerprint density at radius 2 is 1.87 bits per heavy atom. The van der Waals surface area contributed by atoms with Crippen LogP contribution in [0.15, 0.2) is 36.4 Å². The Morgan fingerprint density at radius 3 is 2.73 bits per heavy atom. The molecule has 1 heteroatoms. The van der Waals surface area contributed by atoms with E-state index < -0.39 is 0 Å². The second-order valence-electron chi connectivity index (χ2n) is 3.83. The molecule has 0 spiro atoms. The van der Waals surface area contributed by atoms with Gasteiger partial charge in [-0.05, 0) is 17.5 Å². The fourth-order valence-electron chi connectivity index (χ4n) is 2.25. The van der Waals surface area contributed by atoms with Crippen LogP contribution in [0, 0.1) is 13.0 Å². The molecule has 2 aromatic rings. The molecule has 15 heavy (non-hydrogen) atoms. The number of rotatable bonds is 0. The summed E-state index contributed by atoms with van der Waals surface area (Å²) in [5.74, 6) is 0. The first-order valence-corrected chi connectivity index (χ1v) is 4.95. The Kier molecular flexibility index (Phi) is 2.77. The van der Waals surface area contributed by atoms with Gasteiger partial charge in [-0.1, -0.05) is 31.2 Å². The van der Waals surface area contributed by atoms with Gasteiger partial charge in [0.2, 0.25) is 0 Å². The molecule has 77 valence electrons. The van der Waals surface area contributed by atoms with Gasteiger partial charge in [0.05, 0.1) is 0 Å². The molecule has 0 amide bonds. The fourth-order valence-corrected chi connectivity index (χ4v) is 2.25. The second-order valence-corrected chi connectivity index (χ2v) is 3.83. The van der Waals surface area contributed by atoms with Gasteiger partial charge >= 0.3 is 0 Å². The fraction of sp³-hybridized carbons (Fsp3) is 0.143. The van der Waals surface area contributed by atoms with Crippen LogP contribution in [-0.2, 0) is 26.5 Å². The van der Waals surface area contributed by atoms with E-state index in [0.29, 0.717) is 0 Å². The first-order valence-electron chi connectivity index (χ1n) is 4.95. The van der Waals surface area contributed by atoms with Crippen LogP contribution in [0.5, 0.6) is 0 Å². The second kappa shape index (κ2) is 3.92. The molecule has 0 saturated heterocycles. The van der Waals surface area contributed by atoms with Crippen molar-refractivity contribution in [2.45, 2.75) is 13.3 Å². The van der Waals surface area contributed by atoms with Crippen molar-refractivity contribution >= 4 is 0 Å². The van der Waals surface area contributed by atoms with E-state index in [1.54, 1.807) is 0 Å². The first kappa shape index (κ1) is 10.6. The van der Waals surface area contributed by atoms with Crippen LogP contribution < -0.4 is 0 Å². The Balaban J connectivity index is 0.000000853. The van der Waals surface area contributed by atoms with Crippen LogP contribution >= 0.6 is 0 Å². The van der Waals surface area contributed by atoms with Crippen LogP contribution in [0.4, 0.5) is 0 Å². The van der Waals surface area contributed by atoms with Crippen LogP contribution in [0.25, 0.3) is 11.1 Å². The molecule has 0 unspecified atom stereocenters. The number of fused-ring (bicyclic) bond motifs is 3. The number of hydrogen-bond acceptors (Lipinski definition) is 0. The maximum absolute atomic E-state index is 3.27. The van der Waals surface area contributed by atoms with Gasteiger partial charge in [0.1, 0.15) is 0 Å². The Morgan fingerprint density at radius 1 is 1.07 bits per heavy atom. The minimum atomic E-state index is 0. The molecular weight excluding hydrogens is 360 g/mol. The zero-order chi connectivity index (χ0) is 9.54. The van der Waals surface area contributed by atoms with E-state index in [1.807, 2.05) is 6.07 Å². The summed E-state index contributed by atoms with van der Waals surface area (Å²) in [4.78, 5) is 0. The summed E-state index contributed by atoms with van der Waals surface area (Å²) < 4.78 is 0. The SMILES string of the molecule is Cc1[c-]ccc2c1Cc1ccccc1-2.[Ir]. The van der Waals surface area contributed by atoms with Gasteiger partial charge in [-0.25, -0.2) is 0 Å². The number of aryl methyl sites for hydroxylation is 1. The van der Waals surface area contributed by atoms with Crippen LogP contribution in [0.3, 0.4) is 0 Å². The molecule has 1 aliphatic rings. The molecule has 1 aliphatic carbocycles. The van der Waals surface area contributed by atoms with Crippen LogP contribution in [-0.4, -0.2) is 0 Å². The van der Waals surface area contributed by atoms with Crippen molar-refractivity contribution < 1.29 is 20.1 Å². The maximum atomic E-state index is 3.27. The third-order valence-corrected chi connectivity index (χ3v) is 3.00. The van der Waals surface area contributed by atoms with Crippen molar-refractivity contribution in [3.05, 3.63) is 59.2 Å². The van der Waals surface area contributed by atoms with Crippen molar-refractivity contribution in [3.63, 3.8) is 0 Å². The van der Waals surface area contributed by atoms with E-state index in [1.165, 1.54) is 27.8 Å². The van der Waals surface area contributed by atoms with E-state index in [0.717, 1.165) is 6.42 Å². The van der Waals surface area contributed by atoms with Gasteiger partial charge in [-0.3, -0.25) is 0 Å². The first-order chi connectivity index (χ1) is 6.86. The predicted octanol–water partition coefficient (Wildman–Crippen LogP) is 3.36. The molecule has 0 nitrogen and oxygen atoms in total. The molecule has 3 rings (SSSR count). The summed E-state index contributed by atoms with van der Waals surface area (Å²) in [6.45, 7) is 2.14. The average Bonchev–Trinajstić information content (AvgIpc) is 2.59. The van der Waals surface area contributed by atoms with Crippen LogP contribution in [0.1, 0.15) is 16.7 Å². The zero-order valence-electron chi connectivity index (χ0n) is 8.50. The third kappa shape index (κ3) is 1.56. The maximum Gasteiger partial charge on any atom is 0 e. The van der Waals surface area contributed by atoms with Crippen molar-refractivity contribution in [1.29, 1.82) is 0 Å². The molecule has 0 fully saturated rings. The predicted molar refractivity (Wildman–Crippen MR) is 58.3 cm³/mol. The standard InChI is InChI=1S/C14H11.Ir/c1-10-5-4-8-13-12-7-3-2-6-11(12)9-14(10)13;/h2-4,6-8H,9H2,1H3;/q-1;. The summed E-state index contributed by atoms with van der Waals surface area (Å²) in [6.07, 6.45) is 1.08. The molecule has 0 N–H and O–H groups in total. The van der Waals surface area contributed by atoms with Gasteiger partial charge in [0, 0.05) is 20.1 Å². The summed E-state index contributed by atoms with van der Waals surface area (Å²) in [6, 6.07) is 16.1. The number of hydrogen-bond donors (Lipinski definition) is 0. The van der Waals surface area contributed by atoms with Gasteiger partial charge in [0.25, 0.3) is 0 Å². The summed E-state index contributed by atoms with van der Waals surface area (Å²) in [5, 5.41) is 0. The minimum Gasteiger partial charge on any atom is -0.180 e. The Labute approximate surface area is 104 Å². The molecule has 0 bridgehead atoms. The van der Waals surface area contributed by atoms with Gasteiger partial charge < -0.3 is 0 Å². The van der Waals surface area contributed by atoms with Crippen molar-refractivity contribution in [1.82, 2.24) is 0 Å². The Bertz CT molecular complexity index is 500. The Hall–Kier alpha value is -0.911. The molecule has 0 aromatic heterocycles. The molecule has 0 heterocycles. The van der Waals surface area contributed by atoms with E-state index in [4.69, 9.17) is 0 Å². The van der Waals surface area contributed by atoms with Crippen molar-refractivity contribution in [2.24, 2.45) is 0 Å². The molecular formula is C14H11Ir-. The average molecular weight is 371 g/mol. The topological polar surface area (TPSA) is 0 Å². The van der Waals surface area contributed by atoms with E-state index in [9.17, 15) is 0 Å². The van der Waals surface area contributed by atoms with E-state index in [-0.39, 0.29) is 20.1 Å². The smallest absolute Gasteiger partial charge is 0 e. The normalized spacial score (nSPS) is 11.5. The zero-order valence-corrected chi connectivity index (χ0v) is 10.9. The van der Waals surface area contributed by atoms with E-state index in [2.05, 4.69) is 43.3 Å². The van der Waals surface area contributed by atoms with E-state index >= 15 is 0 Å².